The van der Waals surface area contributed by atoms with Crippen molar-refractivity contribution in [1.29, 1.82) is 0 Å². The molecule has 1 saturated heterocycles. The number of carbonyl (C=O) groups is 1. The van der Waals surface area contributed by atoms with Crippen LogP contribution in [0.3, 0.4) is 0 Å². The van der Waals surface area contributed by atoms with E-state index in [1.54, 1.807) is 11.3 Å². The van der Waals surface area contributed by atoms with Gasteiger partial charge in [0.1, 0.15) is 0 Å². The molecule has 0 spiro atoms. The number of hydrogen-bond donors (Lipinski definition) is 1. The third-order valence-electron chi connectivity index (χ3n) is 4.34. The molecule has 0 radical (unpaired) electrons. The summed E-state index contributed by atoms with van der Waals surface area (Å²) in [4.78, 5) is 18.5. The van der Waals surface area contributed by atoms with Gasteiger partial charge in [-0.3, -0.25) is 9.69 Å². The molecule has 0 aromatic carbocycles. The number of piperidine rings is 1. The van der Waals surface area contributed by atoms with E-state index in [2.05, 4.69) is 15.2 Å². The molecule has 1 aliphatic carbocycles. The second kappa shape index (κ2) is 6.01. The molecule has 3 rings (SSSR count). The zero-order valence-corrected chi connectivity index (χ0v) is 12.0. The minimum atomic E-state index is 0.179. The standard InChI is InChI=1S/C14H21N3OS/c18-14(15-5-3-12-9-19-10-16-12)4-6-17-8-11-1-2-13(17)7-11/h9-11,13H,1-8H2,(H,15,18)/t11-,13+/m1/s1. The molecule has 0 unspecified atom stereocenters. The molecular weight excluding hydrogens is 258 g/mol. The monoisotopic (exact) mass is 279 g/mol. The van der Waals surface area contributed by atoms with Crippen molar-refractivity contribution in [2.24, 2.45) is 5.92 Å². The number of amides is 1. The van der Waals surface area contributed by atoms with Crippen LogP contribution >= 0.6 is 11.3 Å². The van der Waals surface area contributed by atoms with Crippen LogP contribution in [0.25, 0.3) is 0 Å². The van der Waals surface area contributed by atoms with Crippen molar-refractivity contribution in [2.75, 3.05) is 19.6 Å². The van der Waals surface area contributed by atoms with Gasteiger partial charge in [0.15, 0.2) is 0 Å². The van der Waals surface area contributed by atoms with Crippen LogP contribution in [0, 0.1) is 5.92 Å². The summed E-state index contributed by atoms with van der Waals surface area (Å²) in [6.45, 7) is 2.86. The van der Waals surface area contributed by atoms with E-state index in [-0.39, 0.29) is 5.91 Å². The summed E-state index contributed by atoms with van der Waals surface area (Å²) in [5, 5.41) is 5.02. The number of thiazole rings is 1. The van der Waals surface area contributed by atoms with Crippen LogP contribution in [0.2, 0.25) is 0 Å². The molecule has 1 aromatic heterocycles. The van der Waals surface area contributed by atoms with Gasteiger partial charge in [0.05, 0.1) is 11.2 Å². The molecule has 19 heavy (non-hydrogen) atoms. The third kappa shape index (κ3) is 3.34. The number of aromatic nitrogens is 1. The summed E-state index contributed by atoms with van der Waals surface area (Å²) in [6.07, 6.45) is 5.59. The first-order valence-corrected chi connectivity index (χ1v) is 8.13. The number of fused-ring (bicyclic) bond motifs is 2. The largest absolute Gasteiger partial charge is 0.356 e. The number of carbonyl (C=O) groups excluding carboxylic acids is 1. The van der Waals surface area contributed by atoms with E-state index >= 15 is 0 Å². The van der Waals surface area contributed by atoms with Crippen LogP contribution < -0.4 is 5.32 Å². The summed E-state index contributed by atoms with van der Waals surface area (Å²) < 4.78 is 0. The molecule has 2 heterocycles. The van der Waals surface area contributed by atoms with Crippen molar-refractivity contribution in [3.8, 4) is 0 Å². The van der Waals surface area contributed by atoms with Gasteiger partial charge in [0.2, 0.25) is 5.91 Å². The molecule has 1 aromatic rings. The highest BCUT2D eigenvalue weighted by molar-refractivity contribution is 7.07. The van der Waals surface area contributed by atoms with Gasteiger partial charge in [0, 0.05) is 43.9 Å². The minimum absolute atomic E-state index is 0.179. The summed E-state index contributed by atoms with van der Waals surface area (Å²) >= 11 is 1.60. The molecule has 1 amide bonds. The summed E-state index contributed by atoms with van der Waals surface area (Å²) in [7, 11) is 0. The molecule has 5 heteroatoms. The lowest BCUT2D eigenvalue weighted by Gasteiger charge is -2.26. The number of nitrogens with zero attached hydrogens (tertiary/aromatic N) is 2. The predicted molar refractivity (Wildman–Crippen MR) is 76.1 cm³/mol. The highest BCUT2D eigenvalue weighted by Gasteiger charge is 2.37. The van der Waals surface area contributed by atoms with Crippen LogP contribution in [0.4, 0.5) is 0 Å². The van der Waals surface area contributed by atoms with Gasteiger partial charge < -0.3 is 5.32 Å². The smallest absolute Gasteiger partial charge is 0.221 e. The average molecular weight is 279 g/mol. The Bertz CT molecular complexity index is 420. The Hall–Kier alpha value is -0.940. The molecule has 104 valence electrons. The Labute approximate surface area is 118 Å². The van der Waals surface area contributed by atoms with Crippen molar-refractivity contribution in [3.05, 3.63) is 16.6 Å². The molecular formula is C14H21N3OS. The van der Waals surface area contributed by atoms with Crippen LogP contribution in [-0.4, -0.2) is 41.5 Å². The van der Waals surface area contributed by atoms with Gasteiger partial charge in [-0.1, -0.05) is 0 Å². The van der Waals surface area contributed by atoms with Crippen molar-refractivity contribution in [3.63, 3.8) is 0 Å². The summed E-state index contributed by atoms with van der Waals surface area (Å²) in [6, 6.07) is 0.771. The zero-order chi connectivity index (χ0) is 13.1. The highest BCUT2D eigenvalue weighted by Crippen LogP contribution is 2.37. The van der Waals surface area contributed by atoms with Gasteiger partial charge in [0.25, 0.3) is 0 Å². The number of likely N-dealkylation sites (tertiary alicyclic amines) is 1. The average Bonchev–Trinajstić information content (AvgIpc) is 3.13. The van der Waals surface area contributed by atoms with Gasteiger partial charge >= 0.3 is 0 Å². The maximum atomic E-state index is 11.8. The Morgan fingerprint density at radius 1 is 1.53 bits per heavy atom. The first kappa shape index (κ1) is 13.1. The topological polar surface area (TPSA) is 45.2 Å². The normalized spacial score (nSPS) is 25.9. The van der Waals surface area contributed by atoms with Gasteiger partial charge in [-0.2, -0.15) is 0 Å². The molecule has 2 aliphatic rings. The lowest BCUT2D eigenvalue weighted by molar-refractivity contribution is -0.121. The maximum Gasteiger partial charge on any atom is 0.221 e. The SMILES string of the molecule is O=C(CCN1C[C@@H]2CC[C@H]1C2)NCCc1cscn1. The maximum absolute atomic E-state index is 11.8. The Balaban J connectivity index is 1.31. The molecule has 4 nitrogen and oxygen atoms in total. The summed E-state index contributed by atoms with van der Waals surface area (Å²) in [5.74, 6) is 1.09. The van der Waals surface area contributed by atoms with Crippen LogP contribution in [0.1, 0.15) is 31.4 Å². The number of nitrogens with one attached hydrogen (secondary N) is 1. The van der Waals surface area contributed by atoms with E-state index in [4.69, 9.17) is 0 Å². The predicted octanol–water partition coefficient (Wildman–Crippen LogP) is 1.68. The molecule has 2 bridgehead atoms. The number of rotatable bonds is 6. The second-order valence-electron chi connectivity index (χ2n) is 5.66. The van der Waals surface area contributed by atoms with Crippen molar-refractivity contribution >= 4 is 17.2 Å². The van der Waals surface area contributed by atoms with Gasteiger partial charge in [-0.05, 0) is 25.2 Å². The number of hydrogen-bond acceptors (Lipinski definition) is 4. The quantitative estimate of drug-likeness (QED) is 0.861. The lowest BCUT2D eigenvalue weighted by Crippen LogP contribution is -2.36. The molecule has 1 saturated carbocycles. The first-order chi connectivity index (χ1) is 9.31. The Morgan fingerprint density at radius 2 is 2.47 bits per heavy atom. The van der Waals surface area contributed by atoms with E-state index < -0.39 is 0 Å². The summed E-state index contributed by atoms with van der Waals surface area (Å²) in [5.41, 5.74) is 2.90. The third-order valence-corrected chi connectivity index (χ3v) is 4.97. The van der Waals surface area contributed by atoms with Gasteiger partial charge in [-0.15, -0.1) is 11.3 Å². The van der Waals surface area contributed by atoms with E-state index in [0.29, 0.717) is 13.0 Å². The fourth-order valence-electron chi connectivity index (χ4n) is 3.33. The Kier molecular flexibility index (Phi) is 4.13. The van der Waals surface area contributed by atoms with E-state index in [9.17, 15) is 4.79 Å². The first-order valence-electron chi connectivity index (χ1n) is 7.19. The van der Waals surface area contributed by atoms with Crippen LogP contribution in [-0.2, 0) is 11.2 Å². The fraction of sp³-hybridized carbons (Fsp3) is 0.714. The molecule has 2 atom stereocenters. The second-order valence-corrected chi connectivity index (χ2v) is 6.38. The molecule has 1 aliphatic heterocycles. The van der Waals surface area contributed by atoms with Crippen molar-refractivity contribution in [2.45, 2.75) is 38.1 Å². The van der Waals surface area contributed by atoms with E-state index in [1.165, 1.54) is 25.8 Å². The molecule has 2 fully saturated rings. The van der Waals surface area contributed by atoms with E-state index in [1.807, 2.05) is 10.9 Å². The van der Waals surface area contributed by atoms with Gasteiger partial charge in [-0.25, -0.2) is 4.98 Å². The highest BCUT2D eigenvalue weighted by atomic mass is 32.1. The van der Waals surface area contributed by atoms with Crippen molar-refractivity contribution < 1.29 is 4.79 Å². The Morgan fingerprint density at radius 3 is 3.16 bits per heavy atom. The van der Waals surface area contributed by atoms with Crippen molar-refractivity contribution in [1.82, 2.24) is 15.2 Å². The van der Waals surface area contributed by atoms with Crippen LogP contribution in [0.15, 0.2) is 10.9 Å². The lowest BCUT2D eigenvalue weighted by atomic mass is 10.1. The fourth-order valence-corrected chi connectivity index (χ4v) is 3.92. The zero-order valence-electron chi connectivity index (χ0n) is 11.2. The van der Waals surface area contributed by atoms with E-state index in [0.717, 1.165) is 30.6 Å². The van der Waals surface area contributed by atoms with Crippen LogP contribution in [0.5, 0.6) is 0 Å². The minimum Gasteiger partial charge on any atom is -0.356 e. The molecule has 1 N–H and O–H groups in total.